The topological polar surface area (TPSA) is 54.2 Å². The van der Waals surface area contributed by atoms with E-state index in [0.717, 1.165) is 22.6 Å². The number of aromatic nitrogens is 2. The molecule has 0 saturated carbocycles. The fourth-order valence-electron chi connectivity index (χ4n) is 3.16. The van der Waals surface area contributed by atoms with E-state index in [9.17, 15) is 4.39 Å². The summed E-state index contributed by atoms with van der Waals surface area (Å²) in [5.41, 5.74) is 4.96. The van der Waals surface area contributed by atoms with Crippen LogP contribution in [0.5, 0.6) is 0 Å². The molecule has 1 heterocycles. The molecule has 5 nitrogen and oxygen atoms in total. The first-order valence-corrected chi connectivity index (χ1v) is 9.38. The normalized spacial score (nSPS) is 11.1. The lowest BCUT2D eigenvalue weighted by molar-refractivity contribution is 0.606. The van der Waals surface area contributed by atoms with Crippen LogP contribution in [0, 0.1) is 19.7 Å². The summed E-state index contributed by atoms with van der Waals surface area (Å²) >= 11 is 0. The summed E-state index contributed by atoms with van der Waals surface area (Å²) in [6.07, 6.45) is 0.595. The van der Waals surface area contributed by atoms with Crippen LogP contribution in [0.15, 0.2) is 59.6 Å². The number of nitrogens with zero attached hydrogens (tertiary/aromatic N) is 3. The first kappa shape index (κ1) is 22.9. The molecule has 1 aromatic heterocycles. The molecule has 0 aliphatic carbocycles. The highest BCUT2D eigenvalue weighted by atomic mass is 127. The molecule has 0 radical (unpaired) electrons. The van der Waals surface area contributed by atoms with Gasteiger partial charge in [0.2, 0.25) is 0 Å². The maximum atomic E-state index is 13.7. The van der Waals surface area contributed by atoms with E-state index in [2.05, 4.69) is 27.6 Å². The third-order valence-electron chi connectivity index (χ3n) is 4.74. The van der Waals surface area contributed by atoms with Crippen LogP contribution in [-0.2, 0) is 13.0 Å². The van der Waals surface area contributed by atoms with Crippen LogP contribution in [0.3, 0.4) is 0 Å². The minimum absolute atomic E-state index is 0. The van der Waals surface area contributed by atoms with Crippen molar-refractivity contribution in [2.24, 2.45) is 4.99 Å². The van der Waals surface area contributed by atoms with Crippen LogP contribution in [-0.4, -0.2) is 29.3 Å². The van der Waals surface area contributed by atoms with Gasteiger partial charge in [-0.15, -0.1) is 24.0 Å². The first-order valence-electron chi connectivity index (χ1n) is 9.38. The Bertz CT molecular complexity index is 953. The Morgan fingerprint density at radius 1 is 1.03 bits per heavy atom. The van der Waals surface area contributed by atoms with Gasteiger partial charge in [-0.05, 0) is 44.0 Å². The number of hydrogen-bond acceptors (Lipinski definition) is 2. The number of hydrogen-bond donors (Lipinski definition) is 2. The van der Waals surface area contributed by atoms with Crippen molar-refractivity contribution in [3.8, 4) is 5.69 Å². The number of rotatable bonds is 6. The highest BCUT2D eigenvalue weighted by Crippen LogP contribution is 2.17. The first-order chi connectivity index (χ1) is 13.6. The maximum absolute atomic E-state index is 13.7. The second kappa shape index (κ2) is 10.9. The molecular weight excluding hydrogens is 480 g/mol. The lowest BCUT2D eigenvalue weighted by atomic mass is 10.1. The van der Waals surface area contributed by atoms with Crippen LogP contribution in [0.4, 0.5) is 4.39 Å². The molecule has 2 aromatic carbocycles. The van der Waals surface area contributed by atoms with E-state index in [-0.39, 0.29) is 29.8 Å². The Kier molecular flexibility index (Phi) is 8.63. The van der Waals surface area contributed by atoms with Crippen LogP contribution in [0.25, 0.3) is 5.69 Å². The highest BCUT2D eigenvalue weighted by Gasteiger charge is 2.13. The van der Waals surface area contributed by atoms with Crippen molar-refractivity contribution in [3.63, 3.8) is 0 Å². The van der Waals surface area contributed by atoms with Crippen molar-refractivity contribution < 1.29 is 4.39 Å². The molecule has 0 spiro atoms. The standard InChI is InChI=1S/C22H26FN5.HI/c1-16-20(17(2)28(27-16)19-10-5-4-6-11-19)15-26-22(24-3)25-14-13-18-9-7-8-12-21(18)23;/h4-12H,13-15H2,1-3H3,(H2,24,25,26);1H. The van der Waals surface area contributed by atoms with Crippen LogP contribution in [0.1, 0.15) is 22.5 Å². The van der Waals surface area contributed by atoms with Crippen molar-refractivity contribution in [1.82, 2.24) is 20.4 Å². The third-order valence-corrected chi connectivity index (χ3v) is 4.74. The fraction of sp³-hybridized carbons (Fsp3) is 0.273. The monoisotopic (exact) mass is 507 g/mol. The molecule has 0 fully saturated rings. The average molecular weight is 507 g/mol. The Morgan fingerprint density at radius 2 is 1.72 bits per heavy atom. The molecule has 0 bridgehead atoms. The lowest BCUT2D eigenvalue weighted by Gasteiger charge is -2.12. The lowest BCUT2D eigenvalue weighted by Crippen LogP contribution is -2.38. The van der Waals surface area contributed by atoms with Gasteiger partial charge in [0.15, 0.2) is 5.96 Å². The summed E-state index contributed by atoms with van der Waals surface area (Å²) in [7, 11) is 1.73. The zero-order valence-corrected chi connectivity index (χ0v) is 19.3. The molecule has 0 saturated heterocycles. The molecule has 3 rings (SSSR count). The van der Waals surface area contributed by atoms with Gasteiger partial charge in [0.1, 0.15) is 5.82 Å². The number of benzene rings is 2. The largest absolute Gasteiger partial charge is 0.356 e. The smallest absolute Gasteiger partial charge is 0.191 e. The Hall–Kier alpha value is -2.42. The van der Waals surface area contributed by atoms with E-state index < -0.39 is 0 Å². The summed E-state index contributed by atoms with van der Waals surface area (Å²) in [5, 5.41) is 11.2. The molecule has 2 N–H and O–H groups in total. The van der Waals surface area contributed by atoms with Crippen LogP contribution < -0.4 is 10.6 Å². The summed E-state index contributed by atoms with van der Waals surface area (Å²) in [6, 6.07) is 16.9. The third kappa shape index (κ3) is 5.79. The number of halogens is 2. The summed E-state index contributed by atoms with van der Waals surface area (Å²) < 4.78 is 15.7. The van der Waals surface area contributed by atoms with Crippen molar-refractivity contribution in [2.75, 3.05) is 13.6 Å². The SMILES string of the molecule is CN=C(NCCc1ccccc1F)NCc1c(C)nn(-c2ccccc2)c1C.I. The molecule has 3 aromatic rings. The van der Waals surface area contributed by atoms with Crippen molar-refractivity contribution in [3.05, 3.63) is 82.9 Å². The quantitative estimate of drug-likeness (QED) is 0.300. The average Bonchev–Trinajstić information content (AvgIpc) is 3.00. The van der Waals surface area contributed by atoms with Gasteiger partial charge in [-0.1, -0.05) is 36.4 Å². The van der Waals surface area contributed by atoms with E-state index in [1.54, 1.807) is 19.2 Å². The Labute approximate surface area is 188 Å². The van der Waals surface area contributed by atoms with Gasteiger partial charge in [-0.25, -0.2) is 9.07 Å². The maximum Gasteiger partial charge on any atom is 0.191 e. The van der Waals surface area contributed by atoms with Crippen LogP contribution in [0.2, 0.25) is 0 Å². The molecule has 0 aliphatic heterocycles. The van der Waals surface area contributed by atoms with Crippen molar-refractivity contribution >= 4 is 29.9 Å². The van der Waals surface area contributed by atoms with E-state index in [1.807, 2.05) is 48.0 Å². The molecule has 7 heteroatoms. The van der Waals surface area contributed by atoms with Gasteiger partial charge >= 0.3 is 0 Å². The number of aliphatic imine (C=N–C) groups is 1. The van der Waals surface area contributed by atoms with E-state index >= 15 is 0 Å². The van der Waals surface area contributed by atoms with Gasteiger partial charge in [-0.2, -0.15) is 5.10 Å². The summed E-state index contributed by atoms with van der Waals surface area (Å²) in [5.74, 6) is 0.509. The number of nitrogens with one attached hydrogen (secondary N) is 2. The Morgan fingerprint density at radius 3 is 2.41 bits per heavy atom. The molecule has 0 amide bonds. The number of para-hydroxylation sites is 1. The van der Waals surface area contributed by atoms with Crippen molar-refractivity contribution in [1.29, 1.82) is 0 Å². The predicted octanol–water partition coefficient (Wildman–Crippen LogP) is 4.15. The highest BCUT2D eigenvalue weighted by molar-refractivity contribution is 14.0. The second-order valence-corrected chi connectivity index (χ2v) is 6.59. The summed E-state index contributed by atoms with van der Waals surface area (Å²) in [4.78, 5) is 4.25. The van der Waals surface area contributed by atoms with Gasteiger partial charge in [0.05, 0.1) is 11.4 Å². The van der Waals surface area contributed by atoms with Gasteiger partial charge in [-0.3, -0.25) is 4.99 Å². The molecule has 0 unspecified atom stereocenters. The van der Waals surface area contributed by atoms with Gasteiger partial charge < -0.3 is 10.6 Å². The minimum Gasteiger partial charge on any atom is -0.356 e. The zero-order chi connectivity index (χ0) is 19.9. The van der Waals surface area contributed by atoms with E-state index in [1.165, 1.54) is 6.07 Å². The molecule has 154 valence electrons. The minimum atomic E-state index is -0.174. The van der Waals surface area contributed by atoms with E-state index in [4.69, 9.17) is 0 Å². The molecular formula is C22H27FIN5. The van der Waals surface area contributed by atoms with Gasteiger partial charge in [0, 0.05) is 31.4 Å². The molecule has 29 heavy (non-hydrogen) atoms. The molecule has 0 aliphatic rings. The van der Waals surface area contributed by atoms with Crippen LogP contribution >= 0.6 is 24.0 Å². The number of aryl methyl sites for hydroxylation is 1. The number of guanidine groups is 1. The summed E-state index contributed by atoms with van der Waals surface area (Å²) in [6.45, 7) is 5.29. The fourth-order valence-corrected chi connectivity index (χ4v) is 3.16. The Balaban J connectivity index is 0.00000300. The van der Waals surface area contributed by atoms with Crippen molar-refractivity contribution in [2.45, 2.75) is 26.8 Å². The zero-order valence-electron chi connectivity index (χ0n) is 16.9. The van der Waals surface area contributed by atoms with E-state index in [0.29, 0.717) is 31.0 Å². The predicted molar refractivity (Wildman–Crippen MR) is 127 cm³/mol. The molecule has 0 atom stereocenters. The van der Waals surface area contributed by atoms with Gasteiger partial charge in [0.25, 0.3) is 0 Å². The second-order valence-electron chi connectivity index (χ2n) is 6.59.